The molecule has 2 atom stereocenters. The number of anilines is 1. The summed E-state index contributed by atoms with van der Waals surface area (Å²) >= 11 is 0. The zero-order valence-corrected chi connectivity index (χ0v) is 12.1. The van der Waals surface area contributed by atoms with Gasteiger partial charge in [-0.25, -0.2) is 4.79 Å². The van der Waals surface area contributed by atoms with E-state index in [-0.39, 0.29) is 17.9 Å². The molecular weight excluding hydrogens is 270 g/mol. The lowest BCUT2D eigenvalue weighted by molar-refractivity contribution is -0.131. The number of carboxylic acids is 1. The third-order valence-electron chi connectivity index (χ3n) is 3.64. The fraction of sp³-hybridized carbons (Fsp3) is 0.375. The molecule has 2 rings (SSSR count). The van der Waals surface area contributed by atoms with Gasteiger partial charge in [0.15, 0.2) is 0 Å². The number of nitrogens with one attached hydrogen (secondary N) is 1. The number of hydrogen-bond donors (Lipinski definition) is 2. The molecule has 1 aliphatic rings. The number of aliphatic carboxylic acids is 1. The number of aryl methyl sites for hydroxylation is 1. The lowest BCUT2D eigenvalue weighted by atomic mass is 10.0. The molecule has 1 fully saturated rings. The highest BCUT2D eigenvalue weighted by Gasteiger charge is 2.30. The van der Waals surface area contributed by atoms with E-state index in [9.17, 15) is 9.59 Å². The Morgan fingerprint density at radius 3 is 2.76 bits per heavy atom. The smallest absolute Gasteiger partial charge is 0.328 e. The summed E-state index contributed by atoms with van der Waals surface area (Å²) in [7, 11) is 0. The summed E-state index contributed by atoms with van der Waals surface area (Å²) in [5.41, 5.74) is 2.42. The van der Waals surface area contributed by atoms with Crippen LogP contribution in [0, 0.1) is 12.8 Å². The molecule has 0 aliphatic carbocycles. The fourth-order valence-electron chi connectivity index (χ4n) is 2.40. The molecule has 1 heterocycles. The number of rotatable bonds is 4. The number of carboxylic acid groups (broad SMARTS) is 1. The third-order valence-corrected chi connectivity index (χ3v) is 3.64. The Morgan fingerprint density at radius 2 is 2.19 bits per heavy atom. The molecule has 0 aromatic heterocycles. The van der Waals surface area contributed by atoms with E-state index in [1.54, 1.807) is 12.1 Å². The minimum absolute atomic E-state index is 0.0306. The van der Waals surface area contributed by atoms with Gasteiger partial charge in [0.25, 0.3) is 0 Å². The molecule has 2 unspecified atom stereocenters. The second-order valence-corrected chi connectivity index (χ2v) is 5.21. The predicted octanol–water partition coefficient (Wildman–Crippen LogP) is 2.46. The Bertz CT molecular complexity index is 580. The van der Waals surface area contributed by atoms with Crippen LogP contribution in [-0.4, -0.2) is 29.7 Å². The van der Waals surface area contributed by atoms with Crippen LogP contribution >= 0.6 is 0 Å². The minimum atomic E-state index is -0.986. The number of benzene rings is 1. The van der Waals surface area contributed by atoms with Crippen LogP contribution in [0.25, 0.3) is 6.08 Å². The Kier molecular flexibility index (Phi) is 4.75. The van der Waals surface area contributed by atoms with Gasteiger partial charge < -0.3 is 15.2 Å². The number of ether oxygens (including phenoxy) is 1. The molecule has 5 nitrogen and oxygen atoms in total. The maximum absolute atomic E-state index is 12.2. The summed E-state index contributed by atoms with van der Waals surface area (Å²) < 4.78 is 5.40. The van der Waals surface area contributed by atoms with E-state index in [4.69, 9.17) is 9.84 Å². The van der Waals surface area contributed by atoms with Gasteiger partial charge in [-0.05, 0) is 49.6 Å². The molecule has 5 heteroatoms. The van der Waals surface area contributed by atoms with Crippen LogP contribution in [0.2, 0.25) is 0 Å². The zero-order valence-electron chi connectivity index (χ0n) is 12.1. The first-order valence-corrected chi connectivity index (χ1v) is 6.91. The monoisotopic (exact) mass is 289 g/mol. The van der Waals surface area contributed by atoms with Crippen molar-refractivity contribution in [3.63, 3.8) is 0 Å². The van der Waals surface area contributed by atoms with E-state index in [1.807, 2.05) is 19.9 Å². The standard InChI is InChI=1S/C16H19NO4/c1-10-9-12(4-6-15(18)19)3-5-14(10)17-16(20)13-7-8-21-11(13)2/h3-6,9,11,13H,7-8H2,1-2H3,(H,17,20)(H,18,19). The highest BCUT2D eigenvalue weighted by atomic mass is 16.5. The molecule has 0 radical (unpaired) electrons. The summed E-state index contributed by atoms with van der Waals surface area (Å²) in [5.74, 6) is -1.13. The van der Waals surface area contributed by atoms with E-state index in [2.05, 4.69) is 5.32 Å². The van der Waals surface area contributed by atoms with E-state index in [0.29, 0.717) is 6.61 Å². The fourth-order valence-corrected chi connectivity index (χ4v) is 2.40. The molecule has 0 spiro atoms. The van der Waals surface area contributed by atoms with Crippen molar-refractivity contribution in [2.24, 2.45) is 5.92 Å². The Hall–Kier alpha value is -2.14. The average Bonchev–Trinajstić information content (AvgIpc) is 2.85. The molecule has 1 amide bonds. The van der Waals surface area contributed by atoms with Gasteiger partial charge in [-0.15, -0.1) is 0 Å². The molecule has 112 valence electrons. The normalized spacial score (nSPS) is 21.6. The summed E-state index contributed by atoms with van der Waals surface area (Å²) in [6.07, 6.45) is 3.30. The molecule has 2 N–H and O–H groups in total. The van der Waals surface area contributed by atoms with Gasteiger partial charge in [0.1, 0.15) is 0 Å². The molecule has 1 aromatic rings. The van der Waals surface area contributed by atoms with Crippen molar-refractivity contribution in [2.45, 2.75) is 26.4 Å². The number of carbonyl (C=O) groups excluding carboxylic acids is 1. The van der Waals surface area contributed by atoms with Crippen molar-refractivity contribution in [3.8, 4) is 0 Å². The van der Waals surface area contributed by atoms with Gasteiger partial charge in [-0.2, -0.15) is 0 Å². The largest absolute Gasteiger partial charge is 0.478 e. The number of carbonyl (C=O) groups is 2. The van der Waals surface area contributed by atoms with Crippen molar-refractivity contribution in [3.05, 3.63) is 35.4 Å². The van der Waals surface area contributed by atoms with Crippen molar-refractivity contribution in [1.82, 2.24) is 0 Å². The van der Waals surface area contributed by atoms with Crippen molar-refractivity contribution >= 4 is 23.6 Å². The Labute approximate surface area is 123 Å². The lowest BCUT2D eigenvalue weighted by Crippen LogP contribution is -2.28. The van der Waals surface area contributed by atoms with E-state index >= 15 is 0 Å². The van der Waals surface area contributed by atoms with Crippen molar-refractivity contribution in [2.75, 3.05) is 11.9 Å². The summed E-state index contributed by atoms with van der Waals surface area (Å²) in [4.78, 5) is 22.7. The molecule has 0 saturated carbocycles. The van der Waals surface area contributed by atoms with Gasteiger partial charge in [-0.3, -0.25) is 4.79 Å². The van der Waals surface area contributed by atoms with Gasteiger partial charge in [0, 0.05) is 18.4 Å². The Balaban J connectivity index is 2.07. The van der Waals surface area contributed by atoms with Crippen LogP contribution in [0.5, 0.6) is 0 Å². The van der Waals surface area contributed by atoms with E-state index in [0.717, 1.165) is 29.3 Å². The third kappa shape index (κ3) is 3.92. The van der Waals surface area contributed by atoms with Crippen molar-refractivity contribution in [1.29, 1.82) is 0 Å². The minimum Gasteiger partial charge on any atom is -0.478 e. The zero-order chi connectivity index (χ0) is 15.4. The van der Waals surface area contributed by atoms with E-state index < -0.39 is 5.97 Å². The summed E-state index contributed by atoms with van der Waals surface area (Å²) in [5, 5.41) is 11.5. The maximum atomic E-state index is 12.2. The van der Waals surface area contributed by atoms with Crippen LogP contribution in [0.15, 0.2) is 24.3 Å². The van der Waals surface area contributed by atoms with Crippen LogP contribution in [0.1, 0.15) is 24.5 Å². The second kappa shape index (κ2) is 6.54. The van der Waals surface area contributed by atoms with Gasteiger partial charge in [0.05, 0.1) is 12.0 Å². The lowest BCUT2D eigenvalue weighted by Gasteiger charge is -2.15. The maximum Gasteiger partial charge on any atom is 0.328 e. The van der Waals surface area contributed by atoms with Gasteiger partial charge >= 0.3 is 5.97 Å². The SMILES string of the molecule is Cc1cc(C=CC(=O)O)ccc1NC(=O)C1CCOC1C. The molecule has 21 heavy (non-hydrogen) atoms. The number of hydrogen-bond acceptors (Lipinski definition) is 3. The van der Waals surface area contributed by atoms with Crippen LogP contribution in [0.3, 0.4) is 0 Å². The van der Waals surface area contributed by atoms with Crippen molar-refractivity contribution < 1.29 is 19.4 Å². The van der Waals surface area contributed by atoms with Crippen LogP contribution in [-0.2, 0) is 14.3 Å². The summed E-state index contributed by atoms with van der Waals surface area (Å²) in [6, 6.07) is 5.40. The van der Waals surface area contributed by atoms with Gasteiger partial charge in [0.2, 0.25) is 5.91 Å². The molecule has 1 aliphatic heterocycles. The summed E-state index contributed by atoms with van der Waals surface area (Å²) in [6.45, 7) is 4.41. The van der Waals surface area contributed by atoms with E-state index in [1.165, 1.54) is 6.08 Å². The first-order chi connectivity index (χ1) is 9.97. The molecule has 1 aromatic carbocycles. The second-order valence-electron chi connectivity index (χ2n) is 5.21. The first kappa shape index (κ1) is 15.3. The highest BCUT2D eigenvalue weighted by Crippen LogP contribution is 2.24. The predicted molar refractivity (Wildman–Crippen MR) is 80.0 cm³/mol. The number of amides is 1. The molecular formula is C16H19NO4. The highest BCUT2D eigenvalue weighted by molar-refractivity contribution is 5.94. The quantitative estimate of drug-likeness (QED) is 0.835. The molecule has 0 bridgehead atoms. The van der Waals surface area contributed by atoms with Gasteiger partial charge in [-0.1, -0.05) is 6.07 Å². The van der Waals surface area contributed by atoms with Crippen LogP contribution in [0.4, 0.5) is 5.69 Å². The first-order valence-electron chi connectivity index (χ1n) is 6.91. The topological polar surface area (TPSA) is 75.6 Å². The van der Waals surface area contributed by atoms with Crippen LogP contribution < -0.4 is 5.32 Å². The Morgan fingerprint density at radius 1 is 1.43 bits per heavy atom. The average molecular weight is 289 g/mol. The molecule has 1 saturated heterocycles.